The molecule has 19 heavy (non-hydrogen) atoms. The molecule has 0 spiro atoms. The predicted molar refractivity (Wildman–Crippen MR) is 77.3 cm³/mol. The van der Waals surface area contributed by atoms with E-state index in [9.17, 15) is 4.79 Å². The van der Waals surface area contributed by atoms with Crippen LogP contribution in [-0.2, 0) is 11.3 Å². The molecule has 0 aromatic carbocycles. The van der Waals surface area contributed by atoms with Gasteiger partial charge in [0.15, 0.2) is 0 Å². The van der Waals surface area contributed by atoms with E-state index in [0.717, 1.165) is 12.0 Å². The summed E-state index contributed by atoms with van der Waals surface area (Å²) in [7, 11) is 1.83. The van der Waals surface area contributed by atoms with E-state index < -0.39 is 0 Å². The Morgan fingerprint density at radius 2 is 2.21 bits per heavy atom. The second kappa shape index (κ2) is 7.89. The number of hydrogen-bond donors (Lipinski definition) is 1. The van der Waals surface area contributed by atoms with Crippen LogP contribution in [0, 0.1) is 11.8 Å². The maximum atomic E-state index is 12.1. The Hall–Kier alpha value is -1.42. The lowest BCUT2D eigenvalue weighted by molar-refractivity contribution is -0.131. The minimum absolute atomic E-state index is 0.153. The molecule has 0 unspecified atom stereocenters. The molecular formula is C15H25N3O. The molecule has 4 heteroatoms. The van der Waals surface area contributed by atoms with E-state index in [1.165, 1.54) is 0 Å². The third-order valence-electron chi connectivity index (χ3n) is 3.17. The van der Waals surface area contributed by atoms with Crippen LogP contribution in [0.2, 0.25) is 0 Å². The van der Waals surface area contributed by atoms with Crippen molar-refractivity contribution in [2.24, 2.45) is 17.6 Å². The molecule has 1 heterocycles. The Balaban J connectivity index is 2.48. The fourth-order valence-electron chi connectivity index (χ4n) is 2.19. The minimum atomic E-state index is 0.153. The number of aromatic nitrogens is 1. The Labute approximate surface area is 116 Å². The number of amides is 1. The van der Waals surface area contributed by atoms with Crippen molar-refractivity contribution in [1.82, 2.24) is 9.88 Å². The average Bonchev–Trinajstić information content (AvgIpc) is 2.38. The van der Waals surface area contributed by atoms with Gasteiger partial charge in [-0.1, -0.05) is 19.9 Å². The van der Waals surface area contributed by atoms with Crippen molar-refractivity contribution in [2.45, 2.75) is 33.2 Å². The lowest BCUT2D eigenvalue weighted by Gasteiger charge is -2.21. The Kier molecular flexibility index (Phi) is 6.50. The summed E-state index contributed by atoms with van der Waals surface area (Å²) < 4.78 is 0. The van der Waals surface area contributed by atoms with E-state index in [1.54, 1.807) is 17.3 Å². The van der Waals surface area contributed by atoms with Gasteiger partial charge < -0.3 is 10.6 Å². The van der Waals surface area contributed by atoms with E-state index in [2.05, 4.69) is 18.8 Å². The van der Waals surface area contributed by atoms with Gasteiger partial charge in [0, 0.05) is 32.4 Å². The maximum absolute atomic E-state index is 12.1. The maximum Gasteiger partial charge on any atom is 0.222 e. The number of nitrogens with two attached hydrogens (primary N) is 1. The summed E-state index contributed by atoms with van der Waals surface area (Å²) >= 11 is 0. The molecule has 1 aromatic rings. The summed E-state index contributed by atoms with van der Waals surface area (Å²) in [5.41, 5.74) is 6.79. The molecule has 0 saturated heterocycles. The molecule has 1 rings (SSSR count). The topological polar surface area (TPSA) is 59.2 Å². The number of carbonyl (C=O) groups excluding carboxylic acids is 1. The van der Waals surface area contributed by atoms with Gasteiger partial charge in [-0.3, -0.25) is 9.78 Å². The molecule has 0 radical (unpaired) electrons. The number of pyridine rings is 1. The smallest absolute Gasteiger partial charge is 0.222 e. The van der Waals surface area contributed by atoms with E-state index in [0.29, 0.717) is 25.4 Å². The fourth-order valence-corrected chi connectivity index (χ4v) is 2.19. The van der Waals surface area contributed by atoms with E-state index in [-0.39, 0.29) is 11.8 Å². The van der Waals surface area contributed by atoms with E-state index in [4.69, 9.17) is 5.73 Å². The van der Waals surface area contributed by atoms with Gasteiger partial charge in [0.1, 0.15) is 0 Å². The van der Waals surface area contributed by atoms with Crippen LogP contribution in [0.1, 0.15) is 32.3 Å². The van der Waals surface area contributed by atoms with Crippen molar-refractivity contribution in [2.75, 3.05) is 13.6 Å². The standard InChI is InChI=1S/C15H25N3O/c1-12(2)7-14(9-16)8-15(19)18(3)11-13-5-4-6-17-10-13/h4-6,10,12,14H,7-9,11,16H2,1-3H3/t14-/m0/s1. The molecule has 0 aliphatic heterocycles. The molecular weight excluding hydrogens is 238 g/mol. The SMILES string of the molecule is CC(C)C[C@H](CN)CC(=O)N(C)Cc1cccnc1. The molecule has 1 aromatic heterocycles. The zero-order valence-electron chi connectivity index (χ0n) is 12.2. The van der Waals surface area contributed by atoms with Crippen LogP contribution >= 0.6 is 0 Å². The molecule has 4 nitrogen and oxygen atoms in total. The van der Waals surface area contributed by atoms with E-state index >= 15 is 0 Å². The zero-order valence-corrected chi connectivity index (χ0v) is 12.2. The van der Waals surface area contributed by atoms with Crippen LogP contribution in [0.25, 0.3) is 0 Å². The lowest BCUT2D eigenvalue weighted by Crippen LogP contribution is -2.30. The van der Waals surface area contributed by atoms with Crippen LogP contribution < -0.4 is 5.73 Å². The number of rotatable bonds is 7. The van der Waals surface area contributed by atoms with Crippen molar-refractivity contribution in [3.05, 3.63) is 30.1 Å². The monoisotopic (exact) mass is 263 g/mol. The van der Waals surface area contributed by atoms with Crippen molar-refractivity contribution < 1.29 is 4.79 Å². The second-order valence-corrected chi connectivity index (χ2v) is 5.55. The van der Waals surface area contributed by atoms with Crippen molar-refractivity contribution in [1.29, 1.82) is 0 Å². The summed E-state index contributed by atoms with van der Waals surface area (Å²) in [5.74, 6) is 1.01. The molecule has 1 atom stereocenters. The van der Waals surface area contributed by atoms with Crippen LogP contribution in [0.3, 0.4) is 0 Å². The molecule has 0 bridgehead atoms. The Morgan fingerprint density at radius 3 is 2.74 bits per heavy atom. The van der Waals surface area contributed by atoms with Crippen molar-refractivity contribution in [3.63, 3.8) is 0 Å². The lowest BCUT2D eigenvalue weighted by atomic mass is 9.94. The van der Waals surface area contributed by atoms with Crippen molar-refractivity contribution in [3.8, 4) is 0 Å². The first-order chi connectivity index (χ1) is 9.02. The van der Waals surface area contributed by atoms with E-state index in [1.807, 2.05) is 19.2 Å². The molecule has 1 amide bonds. The summed E-state index contributed by atoms with van der Waals surface area (Å²) in [6, 6.07) is 3.86. The molecule has 0 aliphatic rings. The summed E-state index contributed by atoms with van der Waals surface area (Å²) in [6.45, 7) is 5.50. The highest BCUT2D eigenvalue weighted by Gasteiger charge is 2.17. The van der Waals surface area contributed by atoms with Gasteiger partial charge in [-0.15, -0.1) is 0 Å². The number of hydrogen-bond acceptors (Lipinski definition) is 3. The number of nitrogens with zero attached hydrogens (tertiary/aromatic N) is 2. The highest BCUT2D eigenvalue weighted by atomic mass is 16.2. The molecule has 2 N–H and O–H groups in total. The van der Waals surface area contributed by atoms with Gasteiger partial charge in [0.25, 0.3) is 0 Å². The van der Waals surface area contributed by atoms with Crippen molar-refractivity contribution >= 4 is 5.91 Å². The first-order valence-electron chi connectivity index (χ1n) is 6.85. The highest BCUT2D eigenvalue weighted by molar-refractivity contribution is 5.76. The van der Waals surface area contributed by atoms with Gasteiger partial charge in [0.2, 0.25) is 5.91 Å². The summed E-state index contributed by atoms with van der Waals surface area (Å²) in [4.78, 5) is 18.0. The van der Waals surface area contributed by atoms with Gasteiger partial charge in [-0.25, -0.2) is 0 Å². The number of carbonyl (C=O) groups is 1. The molecule has 106 valence electrons. The Morgan fingerprint density at radius 1 is 1.47 bits per heavy atom. The highest BCUT2D eigenvalue weighted by Crippen LogP contribution is 2.15. The molecule has 0 aliphatic carbocycles. The summed E-state index contributed by atoms with van der Waals surface area (Å²) in [6.07, 6.45) is 5.06. The summed E-state index contributed by atoms with van der Waals surface area (Å²) in [5, 5.41) is 0. The molecule has 0 fully saturated rings. The first-order valence-corrected chi connectivity index (χ1v) is 6.85. The third kappa shape index (κ3) is 5.83. The van der Waals surface area contributed by atoms with Gasteiger partial charge in [-0.2, -0.15) is 0 Å². The first kappa shape index (κ1) is 15.6. The van der Waals surface area contributed by atoms with Crippen LogP contribution in [0.5, 0.6) is 0 Å². The molecule has 0 saturated carbocycles. The van der Waals surface area contributed by atoms with Crippen LogP contribution in [0.15, 0.2) is 24.5 Å². The third-order valence-corrected chi connectivity index (χ3v) is 3.17. The largest absolute Gasteiger partial charge is 0.341 e. The predicted octanol–water partition coefficient (Wildman–Crippen LogP) is 2.05. The van der Waals surface area contributed by atoms with Crippen LogP contribution in [-0.4, -0.2) is 29.4 Å². The van der Waals surface area contributed by atoms with Gasteiger partial charge >= 0.3 is 0 Å². The quantitative estimate of drug-likeness (QED) is 0.819. The minimum Gasteiger partial charge on any atom is -0.341 e. The van der Waals surface area contributed by atoms with Gasteiger partial charge in [0.05, 0.1) is 0 Å². The van der Waals surface area contributed by atoms with Crippen LogP contribution in [0.4, 0.5) is 0 Å². The average molecular weight is 263 g/mol. The zero-order chi connectivity index (χ0) is 14.3. The Bertz CT molecular complexity index is 378. The fraction of sp³-hybridized carbons (Fsp3) is 0.600. The van der Waals surface area contributed by atoms with Gasteiger partial charge in [-0.05, 0) is 36.4 Å². The second-order valence-electron chi connectivity index (χ2n) is 5.55. The normalized spacial score (nSPS) is 12.5.